The van der Waals surface area contributed by atoms with Gasteiger partial charge >= 0.3 is 5.97 Å². The molecule has 0 spiro atoms. The van der Waals surface area contributed by atoms with E-state index in [9.17, 15) is 14.3 Å². The molecule has 194 valence electrons. The van der Waals surface area contributed by atoms with Gasteiger partial charge in [-0.3, -0.25) is 0 Å². The SMILES string of the molecule is CC[C@H]1[C@H]2C[C@H](C[C@@H]2OCc2c(C3CC3)cnn2-c2c(Cl)cccc2Cl)N1c1ccc(C(=O)O)c(F)c1. The Morgan fingerprint density at radius 1 is 1.19 bits per heavy atom. The van der Waals surface area contributed by atoms with Crippen molar-refractivity contribution in [1.29, 1.82) is 0 Å². The maximum Gasteiger partial charge on any atom is 0.338 e. The molecule has 2 heterocycles. The van der Waals surface area contributed by atoms with Crippen LogP contribution in [-0.4, -0.2) is 39.0 Å². The molecule has 3 aromatic rings. The maximum atomic E-state index is 14.5. The van der Waals surface area contributed by atoms with Crippen molar-refractivity contribution in [3.8, 4) is 5.69 Å². The van der Waals surface area contributed by atoms with E-state index < -0.39 is 11.8 Å². The summed E-state index contributed by atoms with van der Waals surface area (Å²) in [5, 5.41) is 14.9. The zero-order chi connectivity index (χ0) is 25.8. The number of anilines is 1. The molecule has 9 heteroatoms. The van der Waals surface area contributed by atoms with Crippen LogP contribution in [0.15, 0.2) is 42.6 Å². The summed E-state index contributed by atoms with van der Waals surface area (Å²) in [6.07, 6.45) is 6.98. The molecule has 3 aliphatic rings. The Morgan fingerprint density at radius 3 is 2.59 bits per heavy atom. The molecule has 6 nitrogen and oxygen atoms in total. The highest BCUT2D eigenvalue weighted by atomic mass is 35.5. The number of aromatic carboxylic acids is 1. The van der Waals surface area contributed by atoms with Gasteiger partial charge in [-0.05, 0) is 73.9 Å². The van der Waals surface area contributed by atoms with Crippen LogP contribution < -0.4 is 4.90 Å². The number of halogens is 3. The number of fused-ring (bicyclic) bond motifs is 2. The fourth-order valence-corrected chi connectivity index (χ4v) is 6.94. The highest BCUT2D eigenvalue weighted by molar-refractivity contribution is 6.37. The molecule has 2 saturated carbocycles. The number of carboxylic acids is 1. The number of carboxylic acid groups (broad SMARTS) is 1. The summed E-state index contributed by atoms with van der Waals surface area (Å²) >= 11 is 13.0. The summed E-state index contributed by atoms with van der Waals surface area (Å²) in [6.45, 7) is 2.55. The molecule has 0 unspecified atom stereocenters. The summed E-state index contributed by atoms with van der Waals surface area (Å²) in [7, 11) is 0. The third kappa shape index (κ3) is 4.31. The largest absolute Gasteiger partial charge is 0.478 e. The van der Waals surface area contributed by atoms with Crippen LogP contribution in [-0.2, 0) is 11.3 Å². The average molecular weight is 544 g/mol. The van der Waals surface area contributed by atoms with Crippen molar-refractivity contribution >= 4 is 34.9 Å². The van der Waals surface area contributed by atoms with Gasteiger partial charge in [0.25, 0.3) is 0 Å². The van der Waals surface area contributed by atoms with Gasteiger partial charge in [0, 0.05) is 23.7 Å². The molecule has 2 bridgehead atoms. The minimum Gasteiger partial charge on any atom is -0.478 e. The van der Waals surface area contributed by atoms with Gasteiger partial charge in [-0.2, -0.15) is 5.10 Å². The number of hydrogen-bond donors (Lipinski definition) is 1. The van der Waals surface area contributed by atoms with Crippen molar-refractivity contribution in [2.24, 2.45) is 5.92 Å². The van der Waals surface area contributed by atoms with Crippen LogP contribution in [0.1, 0.15) is 66.6 Å². The predicted octanol–water partition coefficient (Wildman–Crippen LogP) is 6.86. The van der Waals surface area contributed by atoms with Gasteiger partial charge in [-0.1, -0.05) is 36.2 Å². The molecule has 3 fully saturated rings. The first-order valence-electron chi connectivity index (χ1n) is 12.8. The van der Waals surface area contributed by atoms with Gasteiger partial charge in [0.05, 0.1) is 40.2 Å². The summed E-state index contributed by atoms with van der Waals surface area (Å²) in [5.41, 5.74) is 3.30. The Labute approximate surface area is 224 Å². The maximum absolute atomic E-state index is 14.5. The van der Waals surface area contributed by atoms with E-state index in [4.69, 9.17) is 27.9 Å². The second kappa shape index (κ2) is 9.61. The third-order valence-electron chi connectivity index (χ3n) is 8.17. The lowest BCUT2D eigenvalue weighted by Crippen LogP contribution is -2.46. The first-order valence-corrected chi connectivity index (χ1v) is 13.6. The minimum absolute atomic E-state index is 0.0754. The molecule has 1 N–H and O–H groups in total. The van der Waals surface area contributed by atoms with Crippen LogP contribution in [0.3, 0.4) is 0 Å². The second-order valence-corrected chi connectivity index (χ2v) is 11.1. The number of benzene rings is 2. The van der Waals surface area contributed by atoms with Gasteiger partial charge in [-0.25, -0.2) is 13.9 Å². The smallest absolute Gasteiger partial charge is 0.338 e. The van der Waals surface area contributed by atoms with Crippen molar-refractivity contribution in [2.75, 3.05) is 4.90 Å². The topological polar surface area (TPSA) is 67.6 Å². The molecule has 1 aliphatic heterocycles. The summed E-state index contributed by atoms with van der Waals surface area (Å²) in [4.78, 5) is 13.5. The fourth-order valence-electron chi connectivity index (χ4n) is 6.38. The van der Waals surface area contributed by atoms with Crippen molar-refractivity contribution in [2.45, 2.75) is 69.7 Å². The standard InChI is InChI=1S/C28H28Cl2FN3O3/c1-2-24-19-10-17(33(24)16-8-9-18(28(35)36)23(31)11-16)12-26(19)37-14-25-20(15-6-7-15)13-32-34(25)27-21(29)4-3-5-22(27)30/h3-5,8-9,11,13,15,17,19,24,26H,2,6-7,10,12,14H2,1H3,(H,35,36)/t17-,19-,24+,26+/m1/s1. The van der Waals surface area contributed by atoms with Crippen molar-refractivity contribution in [3.05, 3.63) is 75.3 Å². The number of hydrogen-bond acceptors (Lipinski definition) is 4. The molecule has 2 aliphatic carbocycles. The Kier molecular flexibility index (Phi) is 6.42. The first kappa shape index (κ1) is 24.7. The normalized spacial score (nSPS) is 24.7. The highest BCUT2D eigenvalue weighted by Gasteiger charge is 2.51. The van der Waals surface area contributed by atoms with E-state index in [0.29, 0.717) is 34.2 Å². The van der Waals surface area contributed by atoms with Gasteiger partial charge in [0.2, 0.25) is 0 Å². The van der Waals surface area contributed by atoms with Gasteiger partial charge in [0.1, 0.15) is 11.5 Å². The van der Waals surface area contributed by atoms with Crippen molar-refractivity contribution < 1.29 is 19.0 Å². The lowest BCUT2D eigenvalue weighted by atomic mass is 9.93. The molecule has 4 atom stereocenters. The second-order valence-electron chi connectivity index (χ2n) is 10.3. The average Bonchev–Trinajstić information content (AvgIpc) is 3.35. The lowest BCUT2D eigenvalue weighted by Gasteiger charge is -2.40. The lowest BCUT2D eigenvalue weighted by molar-refractivity contribution is -0.000568. The predicted molar refractivity (Wildman–Crippen MR) is 141 cm³/mol. The Hall–Kier alpha value is -2.61. The molecule has 6 rings (SSSR count). The Morgan fingerprint density at radius 2 is 1.95 bits per heavy atom. The van der Waals surface area contributed by atoms with Crippen LogP contribution in [0.2, 0.25) is 10.0 Å². The van der Waals surface area contributed by atoms with Crippen LogP contribution in [0.25, 0.3) is 5.69 Å². The minimum atomic E-state index is -1.25. The first-order chi connectivity index (χ1) is 17.9. The van der Waals surface area contributed by atoms with Crippen molar-refractivity contribution in [1.82, 2.24) is 9.78 Å². The number of para-hydroxylation sites is 1. The Bertz CT molecular complexity index is 1340. The zero-order valence-corrected chi connectivity index (χ0v) is 21.9. The van der Waals surface area contributed by atoms with Gasteiger partial charge < -0.3 is 14.7 Å². The molecule has 0 amide bonds. The number of carbonyl (C=O) groups is 1. The summed E-state index contributed by atoms with van der Waals surface area (Å²) < 4.78 is 22.9. The third-order valence-corrected chi connectivity index (χ3v) is 8.78. The van der Waals surface area contributed by atoms with E-state index in [-0.39, 0.29) is 23.8 Å². The van der Waals surface area contributed by atoms with E-state index in [1.807, 2.05) is 29.1 Å². The number of rotatable bonds is 8. The summed E-state index contributed by atoms with van der Waals surface area (Å²) in [6, 6.07) is 10.3. The van der Waals surface area contributed by atoms with Gasteiger partial charge in [-0.15, -0.1) is 0 Å². The molecule has 1 aromatic heterocycles. The zero-order valence-electron chi connectivity index (χ0n) is 20.4. The monoisotopic (exact) mass is 543 g/mol. The quantitative estimate of drug-likeness (QED) is 0.336. The molecular weight excluding hydrogens is 516 g/mol. The molecule has 1 saturated heterocycles. The van der Waals surface area contributed by atoms with Crippen LogP contribution in [0, 0.1) is 11.7 Å². The highest BCUT2D eigenvalue weighted by Crippen LogP contribution is 2.48. The number of ether oxygens (including phenoxy) is 1. The van der Waals surface area contributed by atoms with Gasteiger partial charge in [0.15, 0.2) is 0 Å². The van der Waals surface area contributed by atoms with E-state index in [2.05, 4.69) is 16.9 Å². The molecular formula is C28H28Cl2FN3O3. The number of aromatic nitrogens is 2. The number of piperidine rings is 1. The molecule has 37 heavy (non-hydrogen) atoms. The van der Waals surface area contributed by atoms with Crippen LogP contribution in [0.5, 0.6) is 0 Å². The molecule has 0 radical (unpaired) electrons. The molecule has 2 aromatic carbocycles. The Balaban J connectivity index is 1.23. The van der Waals surface area contributed by atoms with E-state index in [0.717, 1.165) is 43.5 Å². The van der Waals surface area contributed by atoms with E-state index >= 15 is 0 Å². The van der Waals surface area contributed by atoms with E-state index in [1.54, 1.807) is 6.07 Å². The summed E-state index contributed by atoms with van der Waals surface area (Å²) in [5.74, 6) is -1.15. The van der Waals surface area contributed by atoms with Crippen LogP contribution >= 0.6 is 23.2 Å². The number of nitrogens with zero attached hydrogens (tertiary/aromatic N) is 3. The van der Waals surface area contributed by atoms with Crippen molar-refractivity contribution in [3.63, 3.8) is 0 Å². The fraction of sp³-hybridized carbons (Fsp3) is 0.429. The van der Waals surface area contributed by atoms with E-state index in [1.165, 1.54) is 17.7 Å². The van der Waals surface area contributed by atoms with Crippen LogP contribution in [0.4, 0.5) is 10.1 Å².